The highest BCUT2D eigenvalue weighted by atomic mass is 19.1. The van der Waals surface area contributed by atoms with Crippen molar-refractivity contribution in [3.63, 3.8) is 0 Å². The molecule has 19 heavy (non-hydrogen) atoms. The second-order valence-electron chi connectivity index (χ2n) is 4.25. The summed E-state index contributed by atoms with van der Waals surface area (Å²) in [5, 5.41) is 0. The van der Waals surface area contributed by atoms with E-state index in [1.54, 1.807) is 37.3 Å². The molecule has 0 spiro atoms. The van der Waals surface area contributed by atoms with E-state index in [2.05, 4.69) is 0 Å². The minimum atomic E-state index is -0.407. The average Bonchev–Trinajstić information content (AvgIpc) is 2.41. The molecule has 2 aromatic rings. The van der Waals surface area contributed by atoms with Crippen molar-refractivity contribution in [1.29, 1.82) is 0 Å². The zero-order chi connectivity index (χ0) is 13.8. The number of halogens is 1. The summed E-state index contributed by atoms with van der Waals surface area (Å²) in [5.41, 5.74) is 1.64. The molecule has 0 N–H and O–H groups in total. The van der Waals surface area contributed by atoms with Gasteiger partial charge >= 0.3 is 0 Å². The van der Waals surface area contributed by atoms with E-state index in [4.69, 9.17) is 4.74 Å². The second-order valence-corrected chi connectivity index (χ2v) is 4.25. The second kappa shape index (κ2) is 5.65. The largest absolute Gasteiger partial charge is 0.494 e. The van der Waals surface area contributed by atoms with Gasteiger partial charge in [-0.2, -0.15) is 0 Å². The molecule has 2 aromatic carbocycles. The lowest BCUT2D eigenvalue weighted by Gasteiger charge is -2.07. The van der Waals surface area contributed by atoms with Gasteiger partial charge in [0.05, 0.1) is 6.61 Å². The summed E-state index contributed by atoms with van der Waals surface area (Å²) in [7, 11) is 0. The molecule has 0 saturated carbocycles. The van der Waals surface area contributed by atoms with Crippen molar-refractivity contribution in [1.82, 2.24) is 0 Å². The number of carbonyl (C=O) groups excluding carboxylic acids is 1. The van der Waals surface area contributed by atoms with Crippen molar-refractivity contribution in [3.8, 4) is 5.75 Å². The fourth-order valence-corrected chi connectivity index (χ4v) is 1.89. The first-order valence-corrected chi connectivity index (χ1v) is 6.15. The predicted molar refractivity (Wildman–Crippen MR) is 72.2 cm³/mol. The van der Waals surface area contributed by atoms with Crippen LogP contribution in [0.3, 0.4) is 0 Å². The van der Waals surface area contributed by atoms with Crippen LogP contribution in [0.25, 0.3) is 0 Å². The molecule has 0 fully saturated rings. The molecule has 0 aliphatic carbocycles. The van der Waals surface area contributed by atoms with Crippen LogP contribution in [0.4, 0.5) is 4.39 Å². The van der Waals surface area contributed by atoms with E-state index < -0.39 is 5.82 Å². The van der Waals surface area contributed by atoms with Crippen LogP contribution in [0.15, 0.2) is 42.5 Å². The van der Waals surface area contributed by atoms with E-state index in [1.807, 2.05) is 6.92 Å². The Balaban J connectivity index is 2.38. The van der Waals surface area contributed by atoms with Gasteiger partial charge in [0, 0.05) is 11.1 Å². The standard InChI is InChI=1S/C16H15FO2/c1-3-19-14-6-4-5-12(9-14)16(18)15-10-13(17)8-7-11(15)2/h4-10H,3H2,1-2H3. The summed E-state index contributed by atoms with van der Waals surface area (Å²) in [5.74, 6) is 0.0378. The fraction of sp³-hybridized carbons (Fsp3) is 0.188. The SMILES string of the molecule is CCOc1cccc(C(=O)c2cc(F)ccc2C)c1. The minimum absolute atomic E-state index is 0.196. The third-order valence-corrected chi connectivity index (χ3v) is 2.85. The Bertz CT molecular complexity index is 605. The first kappa shape index (κ1) is 13.3. The Kier molecular flexibility index (Phi) is 3.95. The highest BCUT2D eigenvalue weighted by Gasteiger charge is 2.13. The summed E-state index contributed by atoms with van der Waals surface area (Å²) in [6.45, 7) is 4.21. The molecule has 0 atom stereocenters. The fourth-order valence-electron chi connectivity index (χ4n) is 1.89. The van der Waals surface area contributed by atoms with Crippen molar-refractivity contribution in [3.05, 3.63) is 65.0 Å². The minimum Gasteiger partial charge on any atom is -0.494 e. The molecule has 0 aliphatic heterocycles. The monoisotopic (exact) mass is 258 g/mol. The van der Waals surface area contributed by atoms with Crippen LogP contribution in [-0.4, -0.2) is 12.4 Å². The van der Waals surface area contributed by atoms with Gasteiger partial charge in [-0.05, 0) is 43.7 Å². The van der Waals surface area contributed by atoms with E-state index >= 15 is 0 Å². The normalized spacial score (nSPS) is 10.3. The molecular formula is C16H15FO2. The highest BCUT2D eigenvalue weighted by Crippen LogP contribution is 2.19. The van der Waals surface area contributed by atoms with Crippen molar-refractivity contribution in [2.24, 2.45) is 0 Å². The zero-order valence-corrected chi connectivity index (χ0v) is 10.9. The number of carbonyl (C=O) groups is 1. The Hall–Kier alpha value is -2.16. The van der Waals surface area contributed by atoms with Crippen LogP contribution in [0, 0.1) is 12.7 Å². The van der Waals surface area contributed by atoms with Crippen LogP contribution < -0.4 is 4.74 Å². The van der Waals surface area contributed by atoms with Crippen LogP contribution >= 0.6 is 0 Å². The third kappa shape index (κ3) is 2.99. The Labute approximate surface area is 111 Å². The van der Waals surface area contributed by atoms with E-state index in [1.165, 1.54) is 12.1 Å². The molecule has 2 nitrogen and oxygen atoms in total. The van der Waals surface area contributed by atoms with E-state index in [-0.39, 0.29) is 5.78 Å². The van der Waals surface area contributed by atoms with Crippen molar-refractivity contribution in [2.45, 2.75) is 13.8 Å². The molecule has 0 unspecified atom stereocenters. The Morgan fingerprint density at radius 3 is 2.74 bits per heavy atom. The number of benzene rings is 2. The van der Waals surface area contributed by atoms with E-state index in [0.717, 1.165) is 5.56 Å². The lowest BCUT2D eigenvalue weighted by Crippen LogP contribution is -2.05. The molecule has 0 saturated heterocycles. The molecule has 98 valence electrons. The topological polar surface area (TPSA) is 26.3 Å². The predicted octanol–water partition coefficient (Wildman–Crippen LogP) is 3.76. The van der Waals surface area contributed by atoms with Gasteiger partial charge in [-0.25, -0.2) is 4.39 Å². The molecule has 3 heteroatoms. The third-order valence-electron chi connectivity index (χ3n) is 2.85. The quantitative estimate of drug-likeness (QED) is 0.780. The summed E-state index contributed by atoms with van der Waals surface area (Å²) < 4.78 is 18.6. The number of rotatable bonds is 4. The van der Waals surface area contributed by atoms with Crippen LogP contribution in [0.2, 0.25) is 0 Å². The van der Waals surface area contributed by atoms with Crippen molar-refractivity contribution < 1.29 is 13.9 Å². The first-order valence-electron chi connectivity index (χ1n) is 6.15. The maximum absolute atomic E-state index is 13.2. The van der Waals surface area contributed by atoms with Crippen molar-refractivity contribution in [2.75, 3.05) is 6.61 Å². The molecule has 0 amide bonds. The van der Waals surface area contributed by atoms with E-state index in [9.17, 15) is 9.18 Å². The van der Waals surface area contributed by atoms with Gasteiger partial charge in [-0.15, -0.1) is 0 Å². The lowest BCUT2D eigenvalue weighted by atomic mass is 9.99. The zero-order valence-electron chi connectivity index (χ0n) is 10.9. The summed E-state index contributed by atoms with van der Waals surface area (Å²) >= 11 is 0. The summed E-state index contributed by atoms with van der Waals surface area (Å²) in [6, 6.07) is 11.2. The van der Waals surface area contributed by atoms with Crippen LogP contribution in [0.1, 0.15) is 28.4 Å². The number of aryl methyl sites for hydroxylation is 1. The molecular weight excluding hydrogens is 243 g/mol. The van der Waals surface area contributed by atoms with Crippen molar-refractivity contribution >= 4 is 5.78 Å². The number of ether oxygens (including phenoxy) is 1. The van der Waals surface area contributed by atoms with Gasteiger partial charge in [0.1, 0.15) is 11.6 Å². The smallest absolute Gasteiger partial charge is 0.193 e. The maximum atomic E-state index is 13.2. The van der Waals surface area contributed by atoms with Crippen LogP contribution in [-0.2, 0) is 0 Å². The van der Waals surface area contributed by atoms with E-state index in [0.29, 0.717) is 23.5 Å². The van der Waals surface area contributed by atoms with Gasteiger partial charge < -0.3 is 4.74 Å². The first-order chi connectivity index (χ1) is 9.11. The Morgan fingerprint density at radius 1 is 1.21 bits per heavy atom. The number of ketones is 1. The molecule has 0 bridgehead atoms. The number of hydrogen-bond acceptors (Lipinski definition) is 2. The lowest BCUT2D eigenvalue weighted by molar-refractivity contribution is 0.103. The molecule has 0 aromatic heterocycles. The van der Waals surface area contributed by atoms with Gasteiger partial charge in [0.25, 0.3) is 0 Å². The molecule has 2 rings (SSSR count). The average molecular weight is 258 g/mol. The van der Waals surface area contributed by atoms with Gasteiger partial charge in [-0.3, -0.25) is 4.79 Å². The summed E-state index contributed by atoms with van der Waals surface area (Å²) in [4.78, 5) is 12.4. The summed E-state index contributed by atoms with van der Waals surface area (Å²) in [6.07, 6.45) is 0. The van der Waals surface area contributed by atoms with Gasteiger partial charge in [-0.1, -0.05) is 18.2 Å². The van der Waals surface area contributed by atoms with Gasteiger partial charge in [0.2, 0.25) is 0 Å². The maximum Gasteiger partial charge on any atom is 0.193 e. The number of hydrogen-bond donors (Lipinski definition) is 0. The molecule has 0 aliphatic rings. The van der Waals surface area contributed by atoms with Crippen LogP contribution in [0.5, 0.6) is 5.75 Å². The molecule has 0 heterocycles. The molecule has 0 radical (unpaired) electrons. The van der Waals surface area contributed by atoms with Gasteiger partial charge in [0.15, 0.2) is 5.78 Å². The Morgan fingerprint density at radius 2 is 2.00 bits per heavy atom. The highest BCUT2D eigenvalue weighted by molar-refractivity contribution is 6.10.